The van der Waals surface area contributed by atoms with E-state index in [0.29, 0.717) is 0 Å². The Balaban J connectivity index is 0.0000137. The molecule has 0 unspecified atom stereocenters. The third-order valence-electron chi connectivity index (χ3n) is 6.39. The van der Waals surface area contributed by atoms with Crippen LogP contribution in [0.15, 0.2) is 12.2 Å². The van der Waals surface area contributed by atoms with Gasteiger partial charge in [-0.2, -0.15) is 0 Å². The topological polar surface area (TPSA) is 154 Å². The smallest absolute Gasteiger partial charge is 0.726 e. The Morgan fingerprint density at radius 2 is 1.45 bits per heavy atom. The summed E-state index contributed by atoms with van der Waals surface area (Å²) >= 11 is 0. The normalized spacial score (nSPS) is 23.9. The van der Waals surface area contributed by atoms with Gasteiger partial charge in [-0.1, -0.05) is 76.9 Å². The van der Waals surface area contributed by atoms with E-state index in [-0.39, 0.29) is 58.0 Å². The first kappa shape index (κ1) is 38.6. The summed E-state index contributed by atoms with van der Waals surface area (Å²) in [5, 5.41) is 23.1. The van der Waals surface area contributed by atoms with Crippen molar-refractivity contribution in [1.29, 1.82) is 0 Å². The molecule has 0 aromatic rings. The van der Waals surface area contributed by atoms with Crippen molar-refractivity contribution >= 4 is 16.3 Å². The number of aliphatic hydroxyl groups excluding tert-OH is 2. The summed E-state index contributed by atoms with van der Waals surface area (Å²) in [4.78, 5) is 11.5. The molecule has 1 rings (SSSR count). The molecule has 0 radical (unpaired) electrons. The fourth-order valence-corrected chi connectivity index (χ4v) is 4.60. The van der Waals surface area contributed by atoms with Gasteiger partial charge in [0.05, 0.1) is 6.61 Å². The summed E-state index contributed by atoms with van der Waals surface area (Å²) in [6.07, 6.45) is 15.6. The maximum atomic E-state index is 11.5. The van der Waals surface area contributed by atoms with Crippen LogP contribution in [-0.2, 0) is 28.9 Å². The molecule has 38 heavy (non-hydrogen) atoms. The molecule has 0 spiro atoms. The summed E-state index contributed by atoms with van der Waals surface area (Å²) in [7, 11) is -5.00. The third-order valence-corrected chi connectivity index (χ3v) is 6.81. The third kappa shape index (κ3) is 18.8. The van der Waals surface area contributed by atoms with E-state index in [4.69, 9.17) is 9.47 Å². The van der Waals surface area contributed by atoms with Crippen LogP contribution in [0.4, 0.5) is 0 Å². The SMILES string of the molecule is CCCCCCCC/C=C\CCCCCCCCO[C@@H]1O[C@H](COS(=O)(=O)[O-])[C@@H](O)[C@H](O)[C@H]1NC(C)=O.[K+]. The van der Waals surface area contributed by atoms with Gasteiger partial charge in [-0.15, -0.1) is 0 Å². The van der Waals surface area contributed by atoms with Crippen LogP contribution in [0.1, 0.15) is 104 Å². The zero-order chi connectivity index (χ0) is 27.5. The van der Waals surface area contributed by atoms with Crippen molar-refractivity contribution in [2.75, 3.05) is 13.2 Å². The van der Waals surface area contributed by atoms with Crippen LogP contribution in [0, 0.1) is 0 Å². The average molecular weight is 590 g/mol. The van der Waals surface area contributed by atoms with Gasteiger partial charge in [-0.3, -0.25) is 8.98 Å². The number of ether oxygens (including phenoxy) is 2. The van der Waals surface area contributed by atoms with E-state index in [1.165, 1.54) is 64.7 Å². The summed E-state index contributed by atoms with van der Waals surface area (Å²) < 4.78 is 47.6. The fourth-order valence-electron chi connectivity index (χ4n) is 4.30. The molecule has 1 saturated heterocycles. The zero-order valence-corrected chi connectivity index (χ0v) is 27.5. The van der Waals surface area contributed by atoms with Crippen LogP contribution >= 0.6 is 0 Å². The van der Waals surface area contributed by atoms with E-state index >= 15 is 0 Å². The second-order valence-corrected chi connectivity index (χ2v) is 10.8. The van der Waals surface area contributed by atoms with E-state index in [9.17, 15) is 28.0 Å². The van der Waals surface area contributed by atoms with Gasteiger partial charge in [-0.25, -0.2) is 8.42 Å². The predicted octanol–water partition coefficient (Wildman–Crippen LogP) is 0.473. The summed E-state index contributed by atoms with van der Waals surface area (Å²) in [5.41, 5.74) is 0. The monoisotopic (exact) mass is 589 g/mol. The average Bonchev–Trinajstić information content (AvgIpc) is 2.83. The second-order valence-electron chi connectivity index (χ2n) is 9.75. The molecule has 0 bridgehead atoms. The van der Waals surface area contributed by atoms with E-state index in [1.54, 1.807) is 0 Å². The summed E-state index contributed by atoms with van der Waals surface area (Å²) in [6.45, 7) is 3.01. The number of rotatable bonds is 21. The number of aliphatic hydroxyl groups is 2. The second kappa shape index (κ2) is 23.2. The maximum absolute atomic E-state index is 11.5. The summed E-state index contributed by atoms with van der Waals surface area (Å²) in [5.74, 6) is -0.456. The first-order valence-electron chi connectivity index (χ1n) is 13.8. The van der Waals surface area contributed by atoms with Gasteiger partial charge in [0.15, 0.2) is 6.29 Å². The van der Waals surface area contributed by atoms with Gasteiger partial charge in [-0.05, 0) is 32.1 Å². The first-order chi connectivity index (χ1) is 17.7. The van der Waals surface area contributed by atoms with Crippen molar-refractivity contribution < 1.29 is 93.0 Å². The molecule has 1 heterocycles. The molecule has 0 aliphatic carbocycles. The van der Waals surface area contributed by atoms with Crippen molar-refractivity contribution in [2.24, 2.45) is 0 Å². The standard InChI is InChI=1S/C26H49NO9S.K/c1-3-4-5-6-7-8-9-10-11-12-13-14-15-16-17-18-19-34-26-23(27-21(2)28)25(30)24(29)22(36-26)20-35-37(31,32)33;/h10-11,22-26,29-30H,3-9,12-20H2,1-2H3,(H,27,28)(H,31,32,33);/q;+1/p-1/b11-10-;/t22-,23-,24-,25-,26-;/m1./s1. The van der Waals surface area contributed by atoms with Crippen molar-refractivity contribution in [3.05, 3.63) is 12.2 Å². The largest absolute Gasteiger partial charge is 1.00 e. The van der Waals surface area contributed by atoms with E-state index in [0.717, 1.165) is 32.1 Å². The Morgan fingerprint density at radius 3 is 1.97 bits per heavy atom. The Labute approximate surface area is 272 Å². The first-order valence-corrected chi connectivity index (χ1v) is 15.1. The number of amides is 1. The molecule has 1 aliphatic heterocycles. The molecular formula is C26H48KNO9S. The molecule has 12 heteroatoms. The minimum absolute atomic E-state index is 0. The van der Waals surface area contributed by atoms with Crippen molar-refractivity contribution in [1.82, 2.24) is 5.32 Å². The fraction of sp³-hybridized carbons (Fsp3) is 0.885. The number of carbonyl (C=O) groups excluding carboxylic acids is 1. The van der Waals surface area contributed by atoms with Crippen LogP contribution in [0.5, 0.6) is 0 Å². The molecule has 0 aromatic carbocycles. The van der Waals surface area contributed by atoms with E-state index in [2.05, 4.69) is 28.6 Å². The van der Waals surface area contributed by atoms with Crippen molar-refractivity contribution in [2.45, 2.75) is 134 Å². The molecular weight excluding hydrogens is 541 g/mol. The van der Waals surface area contributed by atoms with Gasteiger partial charge < -0.3 is 29.6 Å². The van der Waals surface area contributed by atoms with Gasteiger partial charge in [0.25, 0.3) is 0 Å². The van der Waals surface area contributed by atoms with Gasteiger partial charge >= 0.3 is 51.4 Å². The Bertz CT molecular complexity index is 738. The van der Waals surface area contributed by atoms with Crippen LogP contribution in [0.25, 0.3) is 0 Å². The van der Waals surface area contributed by atoms with Crippen molar-refractivity contribution in [3.8, 4) is 0 Å². The molecule has 0 aromatic heterocycles. The number of allylic oxidation sites excluding steroid dienone is 2. The zero-order valence-electron chi connectivity index (χ0n) is 23.5. The van der Waals surface area contributed by atoms with Crippen molar-refractivity contribution in [3.63, 3.8) is 0 Å². The number of unbranched alkanes of at least 4 members (excludes halogenated alkanes) is 12. The van der Waals surface area contributed by atoms with Crippen LogP contribution in [0.2, 0.25) is 0 Å². The van der Waals surface area contributed by atoms with Gasteiger partial charge in [0.1, 0.15) is 24.4 Å². The number of hydrogen-bond donors (Lipinski definition) is 3. The molecule has 5 atom stereocenters. The van der Waals surface area contributed by atoms with Crippen LogP contribution < -0.4 is 56.7 Å². The predicted molar refractivity (Wildman–Crippen MR) is 139 cm³/mol. The van der Waals surface area contributed by atoms with Gasteiger partial charge in [0, 0.05) is 13.5 Å². The van der Waals surface area contributed by atoms with Crippen LogP contribution in [0.3, 0.4) is 0 Å². The van der Waals surface area contributed by atoms with Crippen LogP contribution in [-0.4, -0.2) is 72.9 Å². The molecule has 1 aliphatic rings. The molecule has 218 valence electrons. The molecule has 0 saturated carbocycles. The number of carbonyl (C=O) groups is 1. The van der Waals surface area contributed by atoms with E-state index < -0.39 is 53.6 Å². The van der Waals surface area contributed by atoms with Gasteiger partial charge in [0.2, 0.25) is 16.3 Å². The maximum Gasteiger partial charge on any atom is 1.00 e. The molecule has 3 N–H and O–H groups in total. The summed E-state index contributed by atoms with van der Waals surface area (Å²) in [6, 6.07) is -1.05. The molecule has 1 fully saturated rings. The molecule has 1 amide bonds. The van der Waals surface area contributed by atoms with E-state index in [1.807, 2.05) is 0 Å². The number of nitrogens with one attached hydrogen (secondary N) is 1. The molecule has 10 nitrogen and oxygen atoms in total. The minimum Gasteiger partial charge on any atom is -0.726 e. The quantitative estimate of drug-likeness (QED) is 0.0570. The Hall–Kier alpha value is 0.556. The minimum atomic E-state index is -5.00. The Morgan fingerprint density at radius 1 is 0.921 bits per heavy atom. The number of hydrogen-bond acceptors (Lipinski definition) is 9. The Kier molecular flexibility index (Phi) is 23.5.